The molecule has 0 bridgehead atoms. The van der Waals surface area contributed by atoms with E-state index in [2.05, 4.69) is 25.7 Å². The second kappa shape index (κ2) is 6.38. The quantitative estimate of drug-likeness (QED) is 0.833. The molecule has 1 saturated carbocycles. The molecular formula is C16H31NO. The number of aliphatic hydroxyl groups is 1. The van der Waals surface area contributed by atoms with Crippen molar-refractivity contribution in [3.8, 4) is 0 Å². The smallest absolute Gasteiger partial charge is 0.0695 e. The Hall–Kier alpha value is -0.0800. The molecule has 0 radical (unpaired) electrons. The molecule has 4 unspecified atom stereocenters. The Morgan fingerprint density at radius 3 is 2.61 bits per heavy atom. The fraction of sp³-hybridized carbons (Fsp3) is 1.00. The molecule has 2 fully saturated rings. The molecule has 2 nitrogen and oxygen atoms in total. The van der Waals surface area contributed by atoms with Crippen LogP contribution in [-0.2, 0) is 0 Å². The Labute approximate surface area is 113 Å². The fourth-order valence-electron chi connectivity index (χ4n) is 4.02. The van der Waals surface area contributed by atoms with Gasteiger partial charge in [0, 0.05) is 12.1 Å². The number of rotatable bonds is 3. The van der Waals surface area contributed by atoms with E-state index in [1.54, 1.807) is 0 Å². The number of aliphatic hydroxyl groups excluding tert-OH is 1. The zero-order chi connectivity index (χ0) is 13.1. The van der Waals surface area contributed by atoms with Crippen LogP contribution in [0.15, 0.2) is 0 Å². The Morgan fingerprint density at radius 2 is 1.94 bits per heavy atom. The van der Waals surface area contributed by atoms with Crippen molar-refractivity contribution in [3.05, 3.63) is 0 Å². The summed E-state index contributed by atoms with van der Waals surface area (Å²) in [4.78, 5) is 2.66. The summed E-state index contributed by atoms with van der Waals surface area (Å²) in [6.07, 6.45) is 8.67. The van der Waals surface area contributed by atoms with E-state index in [9.17, 15) is 5.11 Å². The van der Waals surface area contributed by atoms with E-state index < -0.39 is 0 Å². The Balaban J connectivity index is 2.03. The number of hydrogen-bond acceptors (Lipinski definition) is 2. The summed E-state index contributed by atoms with van der Waals surface area (Å²) >= 11 is 0. The molecule has 18 heavy (non-hydrogen) atoms. The Morgan fingerprint density at radius 1 is 1.17 bits per heavy atom. The van der Waals surface area contributed by atoms with Crippen LogP contribution in [0.2, 0.25) is 0 Å². The van der Waals surface area contributed by atoms with Crippen LogP contribution in [0.1, 0.15) is 65.7 Å². The zero-order valence-corrected chi connectivity index (χ0v) is 12.4. The van der Waals surface area contributed by atoms with Gasteiger partial charge in [-0.1, -0.05) is 27.2 Å². The predicted molar refractivity (Wildman–Crippen MR) is 76.6 cm³/mol. The highest BCUT2D eigenvalue weighted by atomic mass is 16.3. The van der Waals surface area contributed by atoms with E-state index in [0.717, 1.165) is 24.3 Å². The van der Waals surface area contributed by atoms with Crippen molar-refractivity contribution >= 4 is 0 Å². The molecule has 0 amide bonds. The van der Waals surface area contributed by atoms with E-state index in [1.165, 1.54) is 45.1 Å². The summed E-state index contributed by atoms with van der Waals surface area (Å²) in [7, 11) is 0. The van der Waals surface area contributed by atoms with Gasteiger partial charge in [0.15, 0.2) is 0 Å². The van der Waals surface area contributed by atoms with Crippen LogP contribution in [0.25, 0.3) is 0 Å². The maximum Gasteiger partial charge on any atom is 0.0695 e. The lowest BCUT2D eigenvalue weighted by Crippen LogP contribution is -2.53. The van der Waals surface area contributed by atoms with Crippen LogP contribution < -0.4 is 0 Å². The summed E-state index contributed by atoms with van der Waals surface area (Å²) in [5.74, 6) is 1.59. The molecule has 1 heterocycles. The predicted octanol–water partition coefficient (Wildman–Crippen LogP) is 3.44. The molecule has 1 N–H and O–H groups in total. The van der Waals surface area contributed by atoms with Crippen molar-refractivity contribution in [2.24, 2.45) is 11.8 Å². The first-order chi connectivity index (χ1) is 8.63. The van der Waals surface area contributed by atoms with Gasteiger partial charge < -0.3 is 5.11 Å². The van der Waals surface area contributed by atoms with Gasteiger partial charge >= 0.3 is 0 Å². The van der Waals surface area contributed by atoms with Gasteiger partial charge in [0.1, 0.15) is 0 Å². The SMILES string of the molecule is CCC1CCCCN1C1CC(C(C)C)CCC1O. The van der Waals surface area contributed by atoms with Gasteiger partial charge in [-0.25, -0.2) is 0 Å². The summed E-state index contributed by atoms with van der Waals surface area (Å²) in [5, 5.41) is 10.4. The minimum absolute atomic E-state index is 0.0767. The van der Waals surface area contributed by atoms with Crippen LogP contribution in [0.5, 0.6) is 0 Å². The third kappa shape index (κ3) is 3.08. The average molecular weight is 253 g/mol. The molecule has 1 aliphatic heterocycles. The highest BCUT2D eigenvalue weighted by Crippen LogP contribution is 2.35. The van der Waals surface area contributed by atoms with Gasteiger partial charge in [0.05, 0.1) is 6.10 Å². The van der Waals surface area contributed by atoms with Crippen molar-refractivity contribution in [1.29, 1.82) is 0 Å². The van der Waals surface area contributed by atoms with Crippen LogP contribution in [0, 0.1) is 11.8 Å². The summed E-state index contributed by atoms with van der Waals surface area (Å²) in [5.41, 5.74) is 0. The molecule has 2 heteroatoms. The number of hydrogen-bond donors (Lipinski definition) is 1. The van der Waals surface area contributed by atoms with Gasteiger partial charge in [0.2, 0.25) is 0 Å². The molecular weight excluding hydrogens is 222 g/mol. The lowest BCUT2D eigenvalue weighted by Gasteiger charge is -2.47. The lowest BCUT2D eigenvalue weighted by atomic mass is 9.76. The number of piperidine rings is 1. The van der Waals surface area contributed by atoms with E-state index in [0.29, 0.717) is 6.04 Å². The van der Waals surface area contributed by atoms with E-state index >= 15 is 0 Å². The average Bonchev–Trinajstić information content (AvgIpc) is 2.39. The maximum absolute atomic E-state index is 10.4. The highest BCUT2D eigenvalue weighted by Gasteiger charge is 2.37. The molecule has 0 aromatic heterocycles. The highest BCUT2D eigenvalue weighted by molar-refractivity contribution is 4.91. The second-order valence-corrected chi connectivity index (χ2v) is 6.75. The molecule has 2 aliphatic rings. The van der Waals surface area contributed by atoms with E-state index in [4.69, 9.17) is 0 Å². The summed E-state index contributed by atoms with van der Waals surface area (Å²) in [6, 6.07) is 1.17. The summed E-state index contributed by atoms with van der Waals surface area (Å²) < 4.78 is 0. The van der Waals surface area contributed by atoms with Crippen molar-refractivity contribution in [2.75, 3.05) is 6.54 Å². The standard InChI is InChI=1S/C16H31NO/c1-4-14-7-5-6-10-17(14)15-11-13(12(2)3)8-9-16(15)18/h12-16,18H,4-11H2,1-3H3. The first kappa shape index (κ1) is 14.3. The maximum atomic E-state index is 10.4. The van der Waals surface area contributed by atoms with E-state index in [-0.39, 0.29) is 6.10 Å². The van der Waals surface area contributed by atoms with Crippen LogP contribution >= 0.6 is 0 Å². The van der Waals surface area contributed by atoms with Gasteiger partial charge in [-0.05, 0) is 56.9 Å². The molecule has 4 atom stereocenters. The Bertz CT molecular complexity index is 253. The third-order valence-corrected chi connectivity index (χ3v) is 5.33. The Kier molecular flexibility index (Phi) is 5.08. The normalized spacial score (nSPS) is 39.2. The van der Waals surface area contributed by atoms with Crippen molar-refractivity contribution in [2.45, 2.75) is 83.9 Å². The van der Waals surface area contributed by atoms with Crippen LogP contribution in [-0.4, -0.2) is 34.7 Å². The van der Waals surface area contributed by atoms with Gasteiger partial charge in [-0.15, -0.1) is 0 Å². The molecule has 0 aromatic carbocycles. The van der Waals surface area contributed by atoms with Crippen molar-refractivity contribution < 1.29 is 5.11 Å². The van der Waals surface area contributed by atoms with Gasteiger partial charge in [-0.2, -0.15) is 0 Å². The number of nitrogens with zero attached hydrogens (tertiary/aromatic N) is 1. The zero-order valence-electron chi connectivity index (χ0n) is 12.4. The molecule has 1 saturated heterocycles. The van der Waals surface area contributed by atoms with Crippen molar-refractivity contribution in [3.63, 3.8) is 0 Å². The van der Waals surface area contributed by atoms with Gasteiger partial charge in [-0.3, -0.25) is 4.90 Å². The minimum Gasteiger partial charge on any atom is -0.391 e. The largest absolute Gasteiger partial charge is 0.391 e. The minimum atomic E-state index is -0.0767. The van der Waals surface area contributed by atoms with Crippen LogP contribution in [0.4, 0.5) is 0 Å². The molecule has 1 aliphatic carbocycles. The van der Waals surface area contributed by atoms with Crippen molar-refractivity contribution in [1.82, 2.24) is 4.90 Å². The van der Waals surface area contributed by atoms with Crippen LogP contribution in [0.3, 0.4) is 0 Å². The third-order valence-electron chi connectivity index (χ3n) is 5.33. The second-order valence-electron chi connectivity index (χ2n) is 6.75. The molecule has 0 aromatic rings. The van der Waals surface area contributed by atoms with Gasteiger partial charge in [0.25, 0.3) is 0 Å². The fourth-order valence-corrected chi connectivity index (χ4v) is 4.02. The molecule has 2 rings (SSSR count). The first-order valence-corrected chi connectivity index (χ1v) is 8.07. The lowest BCUT2D eigenvalue weighted by molar-refractivity contribution is -0.0346. The molecule has 106 valence electrons. The monoisotopic (exact) mass is 253 g/mol. The molecule has 0 spiro atoms. The first-order valence-electron chi connectivity index (χ1n) is 8.07. The number of likely N-dealkylation sites (tertiary alicyclic amines) is 1. The van der Waals surface area contributed by atoms with E-state index in [1.807, 2.05) is 0 Å². The topological polar surface area (TPSA) is 23.5 Å². The summed E-state index contributed by atoms with van der Waals surface area (Å²) in [6.45, 7) is 8.20.